The van der Waals surface area contributed by atoms with E-state index in [-0.39, 0.29) is 6.10 Å². The van der Waals surface area contributed by atoms with Crippen molar-refractivity contribution in [2.45, 2.75) is 31.3 Å². The standard InChI is InChI=1S/C12H17OS/c1-4-9-14-12-7-5-11(6-8-12)13-10(2)3/h5-8,10H,1,4,9H2,2-3H3. The van der Waals surface area contributed by atoms with Crippen molar-refractivity contribution in [1.82, 2.24) is 0 Å². The molecule has 0 fully saturated rings. The molecule has 0 aliphatic rings. The molecule has 0 aliphatic carbocycles. The Kier molecular flexibility index (Phi) is 4.88. The van der Waals surface area contributed by atoms with Crippen LogP contribution >= 0.6 is 11.8 Å². The molecule has 0 saturated carbocycles. The molecule has 0 aliphatic heterocycles. The third-order valence-electron chi connectivity index (χ3n) is 1.61. The topological polar surface area (TPSA) is 9.23 Å². The van der Waals surface area contributed by atoms with E-state index >= 15 is 0 Å². The number of rotatable bonds is 5. The van der Waals surface area contributed by atoms with Crippen LogP contribution in [0.3, 0.4) is 0 Å². The highest BCUT2D eigenvalue weighted by molar-refractivity contribution is 7.99. The maximum atomic E-state index is 5.55. The number of ether oxygens (including phenoxy) is 1. The van der Waals surface area contributed by atoms with Gasteiger partial charge in [0.25, 0.3) is 0 Å². The van der Waals surface area contributed by atoms with Crippen LogP contribution in [0.5, 0.6) is 5.75 Å². The first-order valence-electron chi connectivity index (χ1n) is 4.91. The summed E-state index contributed by atoms with van der Waals surface area (Å²) in [5.41, 5.74) is 0. The predicted molar refractivity (Wildman–Crippen MR) is 62.9 cm³/mol. The van der Waals surface area contributed by atoms with Gasteiger partial charge in [-0.1, -0.05) is 6.92 Å². The third-order valence-corrected chi connectivity index (χ3v) is 2.71. The van der Waals surface area contributed by atoms with Crippen LogP contribution in [0, 0.1) is 6.92 Å². The van der Waals surface area contributed by atoms with E-state index in [1.807, 2.05) is 37.7 Å². The van der Waals surface area contributed by atoms with Gasteiger partial charge in [-0.15, -0.1) is 11.8 Å². The molecule has 2 heteroatoms. The fourth-order valence-corrected chi connectivity index (χ4v) is 1.79. The fourth-order valence-electron chi connectivity index (χ4n) is 1.08. The summed E-state index contributed by atoms with van der Waals surface area (Å²) < 4.78 is 5.55. The molecule has 0 N–H and O–H groups in total. The van der Waals surface area contributed by atoms with Crippen LogP contribution in [-0.4, -0.2) is 11.9 Å². The van der Waals surface area contributed by atoms with Gasteiger partial charge in [0, 0.05) is 4.90 Å². The van der Waals surface area contributed by atoms with Crippen LogP contribution in [0.25, 0.3) is 0 Å². The van der Waals surface area contributed by atoms with Crippen molar-refractivity contribution in [3.8, 4) is 5.75 Å². The molecule has 0 spiro atoms. The Morgan fingerprint density at radius 3 is 2.43 bits per heavy atom. The predicted octanol–water partition coefficient (Wildman–Crippen LogP) is 3.79. The van der Waals surface area contributed by atoms with Crippen molar-refractivity contribution in [3.05, 3.63) is 31.2 Å². The normalized spacial score (nSPS) is 10.6. The molecule has 14 heavy (non-hydrogen) atoms. The highest BCUT2D eigenvalue weighted by Crippen LogP contribution is 2.22. The first kappa shape index (κ1) is 11.4. The lowest BCUT2D eigenvalue weighted by molar-refractivity contribution is 0.242. The molecule has 0 unspecified atom stereocenters. The Morgan fingerprint density at radius 1 is 1.29 bits per heavy atom. The summed E-state index contributed by atoms with van der Waals surface area (Å²) >= 11 is 1.83. The Morgan fingerprint density at radius 2 is 1.93 bits per heavy atom. The second kappa shape index (κ2) is 5.97. The van der Waals surface area contributed by atoms with Gasteiger partial charge in [-0.2, -0.15) is 0 Å². The summed E-state index contributed by atoms with van der Waals surface area (Å²) in [5.74, 6) is 2.02. The molecule has 0 bridgehead atoms. The SMILES string of the molecule is [CH2]CCSc1ccc(OC(C)C)cc1. The van der Waals surface area contributed by atoms with Crippen LogP contribution in [0.4, 0.5) is 0 Å². The van der Waals surface area contributed by atoms with Crippen LogP contribution < -0.4 is 4.74 Å². The van der Waals surface area contributed by atoms with E-state index in [2.05, 4.69) is 19.1 Å². The van der Waals surface area contributed by atoms with Crippen molar-refractivity contribution < 1.29 is 4.74 Å². The lowest BCUT2D eigenvalue weighted by atomic mass is 10.3. The molecular weight excluding hydrogens is 192 g/mol. The lowest BCUT2D eigenvalue weighted by Gasteiger charge is -2.09. The van der Waals surface area contributed by atoms with Crippen molar-refractivity contribution in [3.63, 3.8) is 0 Å². The highest BCUT2D eigenvalue weighted by Gasteiger charge is 1.97. The minimum atomic E-state index is 0.244. The molecule has 1 aromatic rings. The third kappa shape index (κ3) is 4.05. The average molecular weight is 209 g/mol. The minimum Gasteiger partial charge on any atom is -0.491 e. The largest absolute Gasteiger partial charge is 0.491 e. The van der Waals surface area contributed by atoms with E-state index in [1.54, 1.807) is 0 Å². The quantitative estimate of drug-likeness (QED) is 0.682. The second-order valence-electron chi connectivity index (χ2n) is 3.34. The fraction of sp³-hybridized carbons (Fsp3) is 0.417. The summed E-state index contributed by atoms with van der Waals surface area (Å²) in [5, 5.41) is 0. The van der Waals surface area contributed by atoms with Crippen molar-refractivity contribution in [2.24, 2.45) is 0 Å². The van der Waals surface area contributed by atoms with Gasteiger partial charge in [-0.25, -0.2) is 0 Å². The highest BCUT2D eigenvalue weighted by atomic mass is 32.2. The summed E-state index contributed by atoms with van der Waals surface area (Å²) in [6, 6.07) is 8.23. The monoisotopic (exact) mass is 209 g/mol. The summed E-state index contributed by atoms with van der Waals surface area (Å²) in [7, 11) is 0. The Hall–Kier alpha value is -0.630. The van der Waals surface area contributed by atoms with E-state index in [9.17, 15) is 0 Å². The summed E-state index contributed by atoms with van der Waals surface area (Å²) in [6.07, 6.45) is 1.21. The van der Waals surface area contributed by atoms with Crippen molar-refractivity contribution in [2.75, 3.05) is 5.75 Å². The molecule has 0 heterocycles. The minimum absolute atomic E-state index is 0.244. The van der Waals surface area contributed by atoms with Gasteiger partial charge in [0.1, 0.15) is 5.75 Å². The van der Waals surface area contributed by atoms with E-state index < -0.39 is 0 Å². The number of benzene rings is 1. The van der Waals surface area contributed by atoms with E-state index in [1.165, 1.54) is 4.90 Å². The van der Waals surface area contributed by atoms with Crippen LogP contribution in [0.15, 0.2) is 29.2 Å². The number of thioether (sulfide) groups is 1. The van der Waals surface area contributed by atoms with Gasteiger partial charge in [0.2, 0.25) is 0 Å². The van der Waals surface area contributed by atoms with Crippen LogP contribution in [0.2, 0.25) is 0 Å². The van der Waals surface area contributed by atoms with Gasteiger partial charge in [-0.3, -0.25) is 0 Å². The molecule has 1 aromatic carbocycles. The van der Waals surface area contributed by atoms with Gasteiger partial charge in [0.05, 0.1) is 6.10 Å². The maximum Gasteiger partial charge on any atom is 0.119 e. The van der Waals surface area contributed by atoms with E-state index in [0.29, 0.717) is 0 Å². The zero-order chi connectivity index (χ0) is 10.4. The lowest BCUT2D eigenvalue weighted by Crippen LogP contribution is -2.05. The Balaban J connectivity index is 2.50. The first-order valence-corrected chi connectivity index (χ1v) is 5.89. The van der Waals surface area contributed by atoms with Crippen LogP contribution in [0.1, 0.15) is 20.3 Å². The van der Waals surface area contributed by atoms with E-state index in [0.717, 1.165) is 17.9 Å². The molecule has 1 radical (unpaired) electrons. The molecular formula is C12H17OS. The number of hydrogen-bond donors (Lipinski definition) is 0. The smallest absolute Gasteiger partial charge is 0.119 e. The first-order chi connectivity index (χ1) is 6.72. The zero-order valence-electron chi connectivity index (χ0n) is 8.82. The Bertz CT molecular complexity index is 254. The molecule has 0 amide bonds. The maximum absolute atomic E-state index is 5.55. The average Bonchev–Trinajstić information content (AvgIpc) is 2.16. The van der Waals surface area contributed by atoms with Crippen molar-refractivity contribution in [1.29, 1.82) is 0 Å². The molecule has 77 valence electrons. The van der Waals surface area contributed by atoms with Crippen molar-refractivity contribution >= 4 is 11.8 Å². The van der Waals surface area contributed by atoms with Gasteiger partial charge < -0.3 is 4.74 Å². The van der Waals surface area contributed by atoms with Gasteiger partial charge in [-0.05, 0) is 50.3 Å². The number of hydrogen-bond acceptors (Lipinski definition) is 2. The summed E-state index contributed by atoms with van der Waals surface area (Å²) in [4.78, 5) is 1.28. The summed E-state index contributed by atoms with van der Waals surface area (Å²) in [6.45, 7) is 7.88. The van der Waals surface area contributed by atoms with Gasteiger partial charge in [0.15, 0.2) is 0 Å². The molecule has 0 atom stereocenters. The molecule has 1 nitrogen and oxygen atoms in total. The Labute approximate surface area is 90.9 Å². The van der Waals surface area contributed by atoms with Crippen LogP contribution in [-0.2, 0) is 0 Å². The van der Waals surface area contributed by atoms with E-state index in [4.69, 9.17) is 4.74 Å². The zero-order valence-corrected chi connectivity index (χ0v) is 9.64. The van der Waals surface area contributed by atoms with Gasteiger partial charge >= 0.3 is 0 Å². The second-order valence-corrected chi connectivity index (χ2v) is 4.51. The molecule has 1 rings (SSSR count). The molecule has 0 saturated heterocycles. The molecule has 0 aromatic heterocycles.